The zero-order chi connectivity index (χ0) is 50.7. The molecule has 0 aromatic heterocycles. The standard InChI is InChI=1S/C64H114O6/c1-4-7-10-13-16-19-22-25-27-28-29-30-31-32-33-34-35-36-38-39-42-45-48-51-54-57-63(66)69-60-61(59-68-62(65)56-53-50-47-44-41-24-21-18-15-12-9-6-3)70-64(67)58-55-52-49-46-43-40-37-26-23-20-17-14-11-8-5-2/h7,10,16,19,25-27,29-30,37,61H,4-6,8-9,11-15,17-18,20-24,28,31-36,38-60H2,1-3H3/b10-7-,19-16-,27-25-,30-29-,37-26-. The normalized spacial score (nSPS) is 12.4. The fourth-order valence-electron chi connectivity index (χ4n) is 8.72. The van der Waals surface area contributed by atoms with Gasteiger partial charge in [0.2, 0.25) is 0 Å². The van der Waals surface area contributed by atoms with Crippen molar-refractivity contribution in [3.8, 4) is 0 Å². The van der Waals surface area contributed by atoms with E-state index in [0.29, 0.717) is 19.3 Å². The largest absolute Gasteiger partial charge is 0.462 e. The summed E-state index contributed by atoms with van der Waals surface area (Å²) in [4.78, 5) is 38.2. The second-order valence-corrected chi connectivity index (χ2v) is 20.2. The van der Waals surface area contributed by atoms with Gasteiger partial charge in [0.1, 0.15) is 13.2 Å². The topological polar surface area (TPSA) is 78.9 Å². The maximum Gasteiger partial charge on any atom is 0.306 e. The lowest BCUT2D eigenvalue weighted by atomic mass is 10.0. The summed E-state index contributed by atoms with van der Waals surface area (Å²) >= 11 is 0. The maximum absolute atomic E-state index is 12.9. The number of hydrogen-bond donors (Lipinski definition) is 0. The number of carbonyl (C=O) groups excluding carboxylic acids is 3. The predicted octanol–water partition coefficient (Wildman–Crippen LogP) is 20.4. The number of allylic oxidation sites excluding steroid dienone is 10. The van der Waals surface area contributed by atoms with E-state index in [1.165, 1.54) is 180 Å². The van der Waals surface area contributed by atoms with Crippen molar-refractivity contribution in [3.63, 3.8) is 0 Å². The molecule has 0 saturated heterocycles. The lowest BCUT2D eigenvalue weighted by molar-refractivity contribution is -0.167. The van der Waals surface area contributed by atoms with Crippen molar-refractivity contribution >= 4 is 17.9 Å². The summed E-state index contributed by atoms with van der Waals surface area (Å²) in [6.45, 7) is 6.54. The second-order valence-electron chi connectivity index (χ2n) is 20.2. The zero-order valence-corrected chi connectivity index (χ0v) is 46.5. The van der Waals surface area contributed by atoms with Crippen molar-refractivity contribution in [1.82, 2.24) is 0 Å². The molecular weight excluding hydrogens is 865 g/mol. The fourth-order valence-corrected chi connectivity index (χ4v) is 8.72. The van der Waals surface area contributed by atoms with Crippen LogP contribution in [0.1, 0.15) is 310 Å². The van der Waals surface area contributed by atoms with Crippen LogP contribution < -0.4 is 0 Å². The molecule has 0 aliphatic carbocycles. The lowest BCUT2D eigenvalue weighted by Crippen LogP contribution is -2.30. The molecule has 0 amide bonds. The first-order chi connectivity index (χ1) is 34.5. The highest BCUT2D eigenvalue weighted by molar-refractivity contribution is 5.71. The first kappa shape index (κ1) is 67.1. The van der Waals surface area contributed by atoms with Gasteiger partial charge in [-0.05, 0) is 83.5 Å². The molecule has 0 heterocycles. The van der Waals surface area contributed by atoms with E-state index in [2.05, 4.69) is 81.5 Å². The van der Waals surface area contributed by atoms with Crippen LogP contribution in [0.5, 0.6) is 0 Å². The van der Waals surface area contributed by atoms with E-state index in [1.807, 2.05) is 0 Å². The summed E-state index contributed by atoms with van der Waals surface area (Å²) < 4.78 is 16.9. The van der Waals surface area contributed by atoms with Crippen LogP contribution in [-0.2, 0) is 28.6 Å². The van der Waals surface area contributed by atoms with E-state index < -0.39 is 6.10 Å². The molecule has 0 saturated carbocycles. The van der Waals surface area contributed by atoms with E-state index in [1.54, 1.807) is 0 Å². The van der Waals surface area contributed by atoms with Gasteiger partial charge in [-0.2, -0.15) is 0 Å². The molecular formula is C64H114O6. The first-order valence-electron chi connectivity index (χ1n) is 30.3. The smallest absolute Gasteiger partial charge is 0.306 e. The van der Waals surface area contributed by atoms with Crippen molar-refractivity contribution in [2.24, 2.45) is 0 Å². The predicted molar refractivity (Wildman–Crippen MR) is 302 cm³/mol. The van der Waals surface area contributed by atoms with Crippen molar-refractivity contribution in [2.75, 3.05) is 13.2 Å². The van der Waals surface area contributed by atoms with Crippen molar-refractivity contribution < 1.29 is 28.6 Å². The minimum Gasteiger partial charge on any atom is -0.462 e. The average molecular weight is 980 g/mol. The molecule has 0 aromatic rings. The summed E-state index contributed by atoms with van der Waals surface area (Å²) in [7, 11) is 0. The molecule has 0 N–H and O–H groups in total. The lowest BCUT2D eigenvalue weighted by Gasteiger charge is -2.18. The average Bonchev–Trinajstić information content (AvgIpc) is 3.36. The van der Waals surface area contributed by atoms with Crippen molar-refractivity contribution in [2.45, 2.75) is 316 Å². The van der Waals surface area contributed by atoms with Gasteiger partial charge in [0.25, 0.3) is 0 Å². The summed E-state index contributed by atoms with van der Waals surface area (Å²) in [5.74, 6) is -0.871. The van der Waals surface area contributed by atoms with Gasteiger partial charge in [-0.25, -0.2) is 0 Å². The van der Waals surface area contributed by atoms with Gasteiger partial charge in [-0.15, -0.1) is 0 Å². The van der Waals surface area contributed by atoms with Crippen LogP contribution in [0.2, 0.25) is 0 Å². The van der Waals surface area contributed by atoms with Crippen LogP contribution in [0.4, 0.5) is 0 Å². The molecule has 0 fully saturated rings. The third-order valence-electron chi connectivity index (χ3n) is 13.3. The minimum absolute atomic E-state index is 0.0742. The molecule has 70 heavy (non-hydrogen) atoms. The molecule has 6 heteroatoms. The van der Waals surface area contributed by atoms with Crippen LogP contribution in [0, 0.1) is 0 Å². The highest BCUT2D eigenvalue weighted by Crippen LogP contribution is 2.16. The number of carbonyl (C=O) groups is 3. The molecule has 0 aliphatic heterocycles. The van der Waals surface area contributed by atoms with Gasteiger partial charge < -0.3 is 14.2 Å². The quantitative estimate of drug-likeness (QED) is 0.0261. The van der Waals surface area contributed by atoms with Gasteiger partial charge in [0.15, 0.2) is 6.10 Å². The Hall–Kier alpha value is -2.89. The molecule has 0 spiro atoms. The zero-order valence-electron chi connectivity index (χ0n) is 46.5. The highest BCUT2D eigenvalue weighted by Gasteiger charge is 2.19. The van der Waals surface area contributed by atoms with Crippen LogP contribution in [0.15, 0.2) is 60.8 Å². The molecule has 406 valence electrons. The van der Waals surface area contributed by atoms with Gasteiger partial charge >= 0.3 is 17.9 Å². The Kier molecular flexibility index (Phi) is 56.3. The SMILES string of the molecule is CC/C=C\C/C=C\C/C=C\C/C=C\CCCCCCCCCCCCCCC(=O)OCC(COC(=O)CCCCCCCCCCCCCC)OC(=O)CCCCCCC/C=C\CCCCCCCC. The molecule has 1 unspecified atom stereocenters. The summed E-state index contributed by atoms with van der Waals surface area (Å²) in [6, 6.07) is 0. The van der Waals surface area contributed by atoms with Crippen LogP contribution in [-0.4, -0.2) is 37.2 Å². The van der Waals surface area contributed by atoms with E-state index in [4.69, 9.17) is 14.2 Å². The summed E-state index contributed by atoms with van der Waals surface area (Å²) in [5, 5.41) is 0. The Balaban J connectivity index is 4.26. The molecule has 0 radical (unpaired) electrons. The Bertz CT molecular complexity index is 1260. The number of unbranched alkanes of at least 4 members (excludes halogenated alkanes) is 34. The second kappa shape index (κ2) is 58.7. The molecule has 1 atom stereocenters. The monoisotopic (exact) mass is 979 g/mol. The van der Waals surface area contributed by atoms with E-state index in [0.717, 1.165) is 89.9 Å². The highest BCUT2D eigenvalue weighted by atomic mass is 16.6. The van der Waals surface area contributed by atoms with Gasteiger partial charge in [0.05, 0.1) is 0 Å². The number of esters is 3. The Morgan fingerprint density at radius 3 is 0.886 bits per heavy atom. The van der Waals surface area contributed by atoms with Crippen molar-refractivity contribution in [3.05, 3.63) is 60.8 Å². The Morgan fingerprint density at radius 1 is 0.300 bits per heavy atom. The minimum atomic E-state index is -0.776. The number of rotatable bonds is 55. The van der Waals surface area contributed by atoms with Gasteiger partial charge in [-0.3, -0.25) is 14.4 Å². The Morgan fingerprint density at radius 2 is 0.557 bits per heavy atom. The van der Waals surface area contributed by atoms with Gasteiger partial charge in [-0.1, -0.05) is 268 Å². The molecule has 6 nitrogen and oxygen atoms in total. The third kappa shape index (κ3) is 56.0. The van der Waals surface area contributed by atoms with Crippen LogP contribution in [0.25, 0.3) is 0 Å². The molecule has 0 aromatic carbocycles. The fraction of sp³-hybridized carbons (Fsp3) is 0.797. The van der Waals surface area contributed by atoms with Gasteiger partial charge in [0, 0.05) is 19.3 Å². The molecule has 0 rings (SSSR count). The van der Waals surface area contributed by atoms with Crippen LogP contribution >= 0.6 is 0 Å². The summed E-state index contributed by atoms with van der Waals surface area (Å²) in [6.07, 6.45) is 73.6. The number of ether oxygens (including phenoxy) is 3. The maximum atomic E-state index is 12.9. The van der Waals surface area contributed by atoms with Crippen molar-refractivity contribution in [1.29, 1.82) is 0 Å². The summed E-state index contributed by atoms with van der Waals surface area (Å²) in [5.41, 5.74) is 0. The first-order valence-corrected chi connectivity index (χ1v) is 30.3. The van der Waals surface area contributed by atoms with E-state index >= 15 is 0 Å². The number of hydrogen-bond acceptors (Lipinski definition) is 6. The molecule has 0 bridgehead atoms. The third-order valence-corrected chi connectivity index (χ3v) is 13.3. The van der Waals surface area contributed by atoms with E-state index in [-0.39, 0.29) is 31.1 Å². The van der Waals surface area contributed by atoms with Crippen LogP contribution in [0.3, 0.4) is 0 Å². The van der Waals surface area contributed by atoms with E-state index in [9.17, 15) is 14.4 Å². The molecule has 0 aliphatic rings. The Labute approximate surface area is 434 Å².